The molecule has 1 fully saturated rings. The van der Waals surface area contributed by atoms with Gasteiger partial charge in [0.05, 0.1) is 0 Å². The van der Waals surface area contributed by atoms with Gasteiger partial charge in [0, 0.05) is 45.3 Å². The van der Waals surface area contributed by atoms with Gasteiger partial charge in [-0.05, 0) is 35.6 Å². The summed E-state index contributed by atoms with van der Waals surface area (Å²) in [6.07, 6.45) is 2.72. The van der Waals surface area contributed by atoms with Crippen molar-refractivity contribution in [3.8, 4) is 0 Å². The van der Waals surface area contributed by atoms with E-state index in [4.69, 9.17) is 0 Å². The molecule has 4 rings (SSSR count). The number of carbonyl (C=O) groups is 1. The number of nitrogens with zero attached hydrogens (tertiary/aromatic N) is 3. The van der Waals surface area contributed by atoms with Crippen molar-refractivity contribution < 1.29 is 4.79 Å². The lowest BCUT2D eigenvalue weighted by Gasteiger charge is -2.22. The minimum absolute atomic E-state index is 0. The highest BCUT2D eigenvalue weighted by atomic mass is 127. The van der Waals surface area contributed by atoms with Crippen LogP contribution in [0.25, 0.3) is 0 Å². The zero-order valence-corrected chi connectivity index (χ0v) is 18.6. The number of amides is 1. The van der Waals surface area contributed by atoms with Gasteiger partial charge in [0.2, 0.25) is 5.91 Å². The quantitative estimate of drug-likeness (QED) is 0.405. The maximum atomic E-state index is 11.9. The average molecular weight is 490 g/mol. The number of aliphatic imine (C=N–C) groups is 1. The van der Waals surface area contributed by atoms with E-state index in [0.717, 1.165) is 31.9 Å². The summed E-state index contributed by atoms with van der Waals surface area (Å²) < 4.78 is 0. The standard InChI is InChI=1S/C22H26N4O.HI/c1-23-22(26-13-11-19-8-2-3-9-20(19)26)24-15-17-6-4-7-18(14-17)16-25-12-5-10-21(25)27;/h2-4,6-9,14H,5,10-13,15-16H2,1H3,(H,23,24);1H. The number of anilines is 1. The van der Waals surface area contributed by atoms with Crippen molar-refractivity contribution in [2.45, 2.75) is 32.4 Å². The highest BCUT2D eigenvalue weighted by Gasteiger charge is 2.22. The molecule has 5 nitrogen and oxygen atoms in total. The molecule has 0 spiro atoms. The SMILES string of the molecule is CN=C(NCc1cccc(CN2CCCC2=O)c1)N1CCc2ccccc21.I. The summed E-state index contributed by atoms with van der Waals surface area (Å²) in [4.78, 5) is 20.5. The van der Waals surface area contributed by atoms with Gasteiger partial charge in [-0.3, -0.25) is 9.79 Å². The molecule has 2 aliphatic rings. The van der Waals surface area contributed by atoms with Crippen molar-refractivity contribution in [2.75, 3.05) is 25.0 Å². The molecule has 2 aromatic carbocycles. The molecule has 28 heavy (non-hydrogen) atoms. The number of fused-ring (bicyclic) bond motifs is 1. The number of para-hydroxylation sites is 1. The average Bonchev–Trinajstić information content (AvgIpc) is 3.30. The second-order valence-electron chi connectivity index (χ2n) is 7.17. The Balaban J connectivity index is 0.00000225. The zero-order valence-electron chi connectivity index (χ0n) is 16.2. The van der Waals surface area contributed by atoms with Gasteiger partial charge in [-0.15, -0.1) is 24.0 Å². The first-order valence-electron chi connectivity index (χ1n) is 9.66. The van der Waals surface area contributed by atoms with Gasteiger partial charge < -0.3 is 15.1 Å². The smallest absolute Gasteiger partial charge is 0.222 e. The molecule has 0 aliphatic carbocycles. The van der Waals surface area contributed by atoms with E-state index in [1.165, 1.54) is 22.4 Å². The van der Waals surface area contributed by atoms with Crippen molar-refractivity contribution in [1.29, 1.82) is 0 Å². The number of likely N-dealkylation sites (tertiary alicyclic amines) is 1. The maximum absolute atomic E-state index is 11.9. The molecule has 0 atom stereocenters. The third-order valence-corrected chi connectivity index (χ3v) is 5.34. The molecule has 2 aromatic rings. The first kappa shape index (κ1) is 20.6. The van der Waals surface area contributed by atoms with Crippen LogP contribution >= 0.6 is 24.0 Å². The summed E-state index contributed by atoms with van der Waals surface area (Å²) in [7, 11) is 1.83. The fraction of sp³-hybridized carbons (Fsp3) is 0.364. The van der Waals surface area contributed by atoms with Crippen molar-refractivity contribution in [2.24, 2.45) is 4.99 Å². The summed E-state index contributed by atoms with van der Waals surface area (Å²) in [5, 5.41) is 3.49. The predicted octanol–water partition coefficient (Wildman–Crippen LogP) is 3.57. The highest BCUT2D eigenvalue weighted by Crippen LogP contribution is 2.27. The molecule has 0 unspecified atom stereocenters. The van der Waals surface area contributed by atoms with Crippen molar-refractivity contribution >= 4 is 41.5 Å². The monoisotopic (exact) mass is 490 g/mol. The first-order chi connectivity index (χ1) is 13.2. The summed E-state index contributed by atoms with van der Waals surface area (Å²) >= 11 is 0. The number of carbonyl (C=O) groups excluding carboxylic acids is 1. The molecular formula is C22H27IN4O. The lowest BCUT2D eigenvalue weighted by molar-refractivity contribution is -0.128. The third-order valence-electron chi connectivity index (χ3n) is 5.34. The largest absolute Gasteiger partial charge is 0.352 e. The van der Waals surface area contributed by atoms with Crippen molar-refractivity contribution in [1.82, 2.24) is 10.2 Å². The van der Waals surface area contributed by atoms with Gasteiger partial charge in [0.15, 0.2) is 5.96 Å². The predicted molar refractivity (Wildman–Crippen MR) is 124 cm³/mol. The summed E-state index contributed by atoms with van der Waals surface area (Å²) in [5.74, 6) is 1.17. The molecule has 2 heterocycles. The molecule has 0 radical (unpaired) electrons. The molecular weight excluding hydrogens is 463 g/mol. The number of benzene rings is 2. The number of hydrogen-bond acceptors (Lipinski definition) is 2. The Kier molecular flexibility index (Phi) is 6.93. The van der Waals surface area contributed by atoms with Crippen LogP contribution in [0.3, 0.4) is 0 Å². The van der Waals surface area contributed by atoms with Crippen LogP contribution in [0.5, 0.6) is 0 Å². The normalized spacial score (nSPS) is 16.2. The van der Waals surface area contributed by atoms with Gasteiger partial charge >= 0.3 is 0 Å². The Morgan fingerprint density at radius 1 is 1.07 bits per heavy atom. The number of guanidine groups is 1. The second kappa shape index (κ2) is 9.41. The third kappa shape index (κ3) is 4.48. The Hall–Kier alpha value is -2.09. The topological polar surface area (TPSA) is 47.9 Å². The highest BCUT2D eigenvalue weighted by molar-refractivity contribution is 14.0. The van der Waals surface area contributed by atoms with Crippen LogP contribution in [0.1, 0.15) is 29.5 Å². The van der Waals surface area contributed by atoms with Gasteiger partial charge in [-0.25, -0.2) is 0 Å². The van der Waals surface area contributed by atoms with Crippen LogP contribution in [0.2, 0.25) is 0 Å². The summed E-state index contributed by atoms with van der Waals surface area (Å²) in [6, 6.07) is 17.0. The zero-order chi connectivity index (χ0) is 18.6. The molecule has 0 bridgehead atoms. The van der Waals surface area contributed by atoms with E-state index in [2.05, 4.69) is 63.7 Å². The lowest BCUT2D eigenvalue weighted by Crippen LogP contribution is -2.40. The first-order valence-corrected chi connectivity index (χ1v) is 9.66. The van der Waals surface area contributed by atoms with E-state index in [-0.39, 0.29) is 29.9 Å². The van der Waals surface area contributed by atoms with Crippen LogP contribution in [-0.4, -0.2) is 36.9 Å². The van der Waals surface area contributed by atoms with E-state index < -0.39 is 0 Å². The molecule has 6 heteroatoms. The minimum atomic E-state index is 0. The van der Waals surface area contributed by atoms with Gasteiger partial charge in [0.25, 0.3) is 0 Å². The van der Waals surface area contributed by atoms with Gasteiger partial charge in [-0.1, -0.05) is 42.5 Å². The Labute approximate surface area is 183 Å². The van der Waals surface area contributed by atoms with E-state index in [1.54, 1.807) is 0 Å². The Bertz CT molecular complexity index is 867. The Morgan fingerprint density at radius 2 is 1.89 bits per heavy atom. The maximum Gasteiger partial charge on any atom is 0.222 e. The molecule has 148 valence electrons. The van der Waals surface area contributed by atoms with Crippen LogP contribution in [0.15, 0.2) is 53.5 Å². The minimum Gasteiger partial charge on any atom is -0.352 e. The molecule has 0 aromatic heterocycles. The van der Waals surface area contributed by atoms with Crippen molar-refractivity contribution in [3.63, 3.8) is 0 Å². The lowest BCUT2D eigenvalue weighted by atomic mass is 10.1. The van der Waals surface area contributed by atoms with E-state index in [0.29, 0.717) is 19.5 Å². The van der Waals surface area contributed by atoms with Gasteiger partial charge in [0.1, 0.15) is 0 Å². The Morgan fingerprint density at radius 3 is 2.68 bits per heavy atom. The number of nitrogens with one attached hydrogen (secondary N) is 1. The fourth-order valence-corrected chi connectivity index (χ4v) is 3.96. The molecule has 1 amide bonds. The second-order valence-corrected chi connectivity index (χ2v) is 7.17. The van der Waals surface area contributed by atoms with Crippen LogP contribution in [-0.2, 0) is 24.3 Å². The molecule has 2 aliphatic heterocycles. The van der Waals surface area contributed by atoms with E-state index >= 15 is 0 Å². The van der Waals surface area contributed by atoms with Crippen molar-refractivity contribution in [3.05, 3.63) is 65.2 Å². The van der Waals surface area contributed by atoms with Crippen LogP contribution in [0.4, 0.5) is 5.69 Å². The van der Waals surface area contributed by atoms with E-state index in [1.807, 2.05) is 11.9 Å². The summed E-state index contributed by atoms with van der Waals surface area (Å²) in [5.41, 5.74) is 5.00. The summed E-state index contributed by atoms with van der Waals surface area (Å²) in [6.45, 7) is 3.26. The van der Waals surface area contributed by atoms with Crippen LogP contribution < -0.4 is 10.2 Å². The van der Waals surface area contributed by atoms with E-state index in [9.17, 15) is 4.79 Å². The number of hydrogen-bond donors (Lipinski definition) is 1. The van der Waals surface area contributed by atoms with Gasteiger partial charge in [-0.2, -0.15) is 0 Å². The van der Waals surface area contributed by atoms with Crippen LogP contribution in [0, 0.1) is 0 Å². The number of rotatable bonds is 4. The molecule has 1 saturated heterocycles. The number of halogens is 1. The molecule has 0 saturated carbocycles. The fourth-order valence-electron chi connectivity index (χ4n) is 3.96. The molecule has 1 N–H and O–H groups in total.